The van der Waals surface area contributed by atoms with Crippen LogP contribution in [0.1, 0.15) is 65.9 Å². The van der Waals surface area contributed by atoms with Gasteiger partial charge in [-0.1, -0.05) is 5.16 Å². The van der Waals surface area contributed by atoms with E-state index in [1.807, 2.05) is 79.7 Å². The molecule has 0 amide bonds. The molecule has 0 radical (unpaired) electrons. The summed E-state index contributed by atoms with van der Waals surface area (Å²) < 4.78 is 11.4. The van der Waals surface area contributed by atoms with Crippen molar-refractivity contribution in [3.63, 3.8) is 0 Å². The van der Waals surface area contributed by atoms with Gasteiger partial charge < -0.3 is 14.7 Å². The van der Waals surface area contributed by atoms with E-state index in [1.54, 1.807) is 0 Å². The molecule has 2 rings (SSSR count). The van der Waals surface area contributed by atoms with E-state index in [0.717, 1.165) is 45.6 Å². The van der Waals surface area contributed by atoms with Crippen molar-refractivity contribution in [2.24, 2.45) is 5.16 Å². The molecule has 0 bridgehead atoms. The highest BCUT2D eigenvalue weighted by molar-refractivity contribution is 5.80. The number of hydrogen-bond donors (Lipinski definition) is 1. The van der Waals surface area contributed by atoms with Gasteiger partial charge in [0.25, 0.3) is 0 Å². The lowest BCUT2D eigenvalue weighted by molar-refractivity contribution is 0.112. The summed E-state index contributed by atoms with van der Waals surface area (Å²) in [7, 11) is 0. The maximum absolute atomic E-state index is 10.6. The van der Waals surface area contributed by atoms with Gasteiger partial charge in [0, 0.05) is 5.56 Å². The predicted molar refractivity (Wildman–Crippen MR) is 118 cm³/mol. The van der Waals surface area contributed by atoms with Crippen LogP contribution in [0.4, 0.5) is 0 Å². The molecule has 0 fully saturated rings. The number of carbonyl (C=O) groups is 1. The summed E-state index contributed by atoms with van der Waals surface area (Å²) in [6, 6.07) is 7.56. The van der Waals surface area contributed by atoms with Crippen molar-refractivity contribution in [2.75, 3.05) is 0 Å². The summed E-state index contributed by atoms with van der Waals surface area (Å²) in [5.41, 5.74) is 5.72. The number of aldehydes is 1. The number of aryl methyl sites for hydroxylation is 4. The van der Waals surface area contributed by atoms with Gasteiger partial charge in [-0.3, -0.25) is 4.79 Å². The molecule has 0 spiro atoms. The lowest BCUT2D eigenvalue weighted by atomic mass is 10.1. The fourth-order valence-electron chi connectivity index (χ4n) is 3.02. The Morgan fingerprint density at radius 2 is 1.10 bits per heavy atom. The third kappa shape index (κ3) is 7.60. The molecule has 0 aliphatic carbocycles. The molecule has 0 aliphatic rings. The number of ether oxygens (including phenoxy) is 2. The van der Waals surface area contributed by atoms with Gasteiger partial charge in [-0.15, -0.1) is 0 Å². The SMILES string of the molecule is Cc1cc(/C=N/O)cc(C)c1OC(C)C.Cc1cc(C=O)cc(C)c1OC(C)C. The number of carbonyl (C=O) groups excluding carboxylic acids is 1. The molecule has 0 unspecified atom stereocenters. The Hall–Kier alpha value is -2.82. The fourth-order valence-corrected chi connectivity index (χ4v) is 3.02. The molecule has 0 saturated carbocycles. The molecular weight excluding hydrogens is 366 g/mol. The molecule has 0 aliphatic heterocycles. The Kier molecular flexibility index (Phi) is 9.39. The number of rotatable bonds is 6. The number of benzene rings is 2. The maximum Gasteiger partial charge on any atom is 0.150 e. The second kappa shape index (κ2) is 11.2. The van der Waals surface area contributed by atoms with Crippen LogP contribution in [0.3, 0.4) is 0 Å². The van der Waals surface area contributed by atoms with Crippen molar-refractivity contribution < 1.29 is 19.5 Å². The zero-order valence-corrected chi connectivity index (χ0v) is 18.7. The summed E-state index contributed by atoms with van der Waals surface area (Å²) >= 11 is 0. The Morgan fingerprint density at radius 3 is 1.38 bits per heavy atom. The zero-order valence-electron chi connectivity index (χ0n) is 18.7. The summed E-state index contributed by atoms with van der Waals surface area (Å²) in [5, 5.41) is 11.5. The summed E-state index contributed by atoms with van der Waals surface area (Å²) in [4.78, 5) is 10.6. The molecule has 158 valence electrons. The minimum absolute atomic E-state index is 0.162. The van der Waals surface area contributed by atoms with E-state index < -0.39 is 0 Å². The van der Waals surface area contributed by atoms with Gasteiger partial charge in [0.15, 0.2) is 0 Å². The summed E-state index contributed by atoms with van der Waals surface area (Å²) in [6.45, 7) is 15.9. The minimum Gasteiger partial charge on any atom is -0.490 e. The van der Waals surface area contributed by atoms with Gasteiger partial charge in [0.2, 0.25) is 0 Å². The largest absolute Gasteiger partial charge is 0.490 e. The molecule has 29 heavy (non-hydrogen) atoms. The van der Waals surface area contributed by atoms with Crippen molar-refractivity contribution in [3.8, 4) is 11.5 Å². The van der Waals surface area contributed by atoms with Crippen LogP contribution in [0.5, 0.6) is 11.5 Å². The lowest BCUT2D eigenvalue weighted by Gasteiger charge is -2.15. The van der Waals surface area contributed by atoms with Crippen LogP contribution in [0.25, 0.3) is 0 Å². The molecule has 0 aromatic heterocycles. The monoisotopic (exact) mass is 399 g/mol. The normalized spacial score (nSPS) is 10.8. The highest BCUT2D eigenvalue weighted by Gasteiger charge is 2.08. The van der Waals surface area contributed by atoms with Gasteiger partial charge in [-0.2, -0.15) is 0 Å². The van der Waals surface area contributed by atoms with Crippen LogP contribution >= 0.6 is 0 Å². The highest BCUT2D eigenvalue weighted by Crippen LogP contribution is 2.26. The topological polar surface area (TPSA) is 68.1 Å². The van der Waals surface area contributed by atoms with E-state index in [-0.39, 0.29) is 12.2 Å². The molecule has 5 heteroatoms. The average molecular weight is 400 g/mol. The van der Waals surface area contributed by atoms with Crippen LogP contribution in [0.15, 0.2) is 29.4 Å². The lowest BCUT2D eigenvalue weighted by Crippen LogP contribution is -2.08. The summed E-state index contributed by atoms with van der Waals surface area (Å²) in [5.74, 6) is 1.81. The Bertz CT molecular complexity index is 808. The van der Waals surface area contributed by atoms with Crippen LogP contribution in [0.2, 0.25) is 0 Å². The van der Waals surface area contributed by atoms with Crippen molar-refractivity contribution in [2.45, 2.75) is 67.6 Å². The second-order valence-electron chi connectivity index (χ2n) is 7.66. The maximum atomic E-state index is 10.6. The first-order valence-corrected chi connectivity index (χ1v) is 9.77. The predicted octanol–water partition coefficient (Wildman–Crippen LogP) is 5.80. The van der Waals surface area contributed by atoms with E-state index >= 15 is 0 Å². The average Bonchev–Trinajstić information content (AvgIpc) is 2.61. The van der Waals surface area contributed by atoms with E-state index in [2.05, 4.69) is 5.16 Å². The number of oxime groups is 1. The Labute approximate surface area is 174 Å². The zero-order chi connectivity index (χ0) is 22.1. The van der Waals surface area contributed by atoms with Crippen molar-refractivity contribution in [1.82, 2.24) is 0 Å². The van der Waals surface area contributed by atoms with Gasteiger partial charge in [0.05, 0.1) is 18.4 Å². The quantitative estimate of drug-likeness (QED) is 0.288. The Balaban J connectivity index is 0.000000291. The Morgan fingerprint density at radius 1 is 0.759 bits per heavy atom. The first-order valence-electron chi connectivity index (χ1n) is 9.77. The van der Waals surface area contributed by atoms with Crippen LogP contribution in [-0.2, 0) is 0 Å². The van der Waals surface area contributed by atoms with E-state index in [4.69, 9.17) is 14.7 Å². The van der Waals surface area contributed by atoms with Gasteiger partial charge in [-0.25, -0.2) is 0 Å². The molecule has 2 aromatic rings. The first kappa shape index (κ1) is 24.2. The van der Waals surface area contributed by atoms with Crippen LogP contribution in [0, 0.1) is 27.7 Å². The van der Waals surface area contributed by atoms with Gasteiger partial charge in [-0.05, 0) is 107 Å². The third-order valence-electron chi connectivity index (χ3n) is 4.02. The molecular formula is C24H33NO4. The van der Waals surface area contributed by atoms with Crippen molar-refractivity contribution in [1.29, 1.82) is 0 Å². The van der Waals surface area contributed by atoms with Crippen LogP contribution in [-0.4, -0.2) is 29.9 Å². The van der Waals surface area contributed by atoms with Gasteiger partial charge >= 0.3 is 0 Å². The first-order chi connectivity index (χ1) is 13.6. The van der Waals surface area contributed by atoms with Crippen LogP contribution < -0.4 is 9.47 Å². The number of nitrogens with zero attached hydrogens (tertiary/aromatic N) is 1. The second-order valence-corrected chi connectivity index (χ2v) is 7.66. The fraction of sp³-hybridized carbons (Fsp3) is 0.417. The van der Waals surface area contributed by atoms with E-state index in [0.29, 0.717) is 5.56 Å². The molecule has 1 N–H and O–H groups in total. The minimum atomic E-state index is 0.162. The third-order valence-corrected chi connectivity index (χ3v) is 4.02. The summed E-state index contributed by atoms with van der Waals surface area (Å²) in [6.07, 6.45) is 2.60. The number of hydrogen-bond acceptors (Lipinski definition) is 5. The molecule has 0 heterocycles. The molecule has 2 aromatic carbocycles. The van der Waals surface area contributed by atoms with E-state index in [9.17, 15) is 4.79 Å². The standard InChI is InChI=1S/C12H17NO2.C12H16O2/c1-8(2)15-12-9(3)5-11(7-13-14)6-10(12)4;1-8(2)14-12-9(3)5-11(7-13)6-10(12)4/h5-8,14H,1-4H3;5-8H,1-4H3/b13-7+;. The highest BCUT2D eigenvalue weighted by atomic mass is 16.5. The van der Waals surface area contributed by atoms with Gasteiger partial charge in [0.1, 0.15) is 17.8 Å². The van der Waals surface area contributed by atoms with Crippen molar-refractivity contribution >= 4 is 12.5 Å². The molecule has 0 saturated heterocycles. The van der Waals surface area contributed by atoms with Crippen molar-refractivity contribution in [3.05, 3.63) is 57.6 Å². The molecule has 0 atom stereocenters. The molecule has 5 nitrogen and oxygen atoms in total. The smallest absolute Gasteiger partial charge is 0.150 e. The van der Waals surface area contributed by atoms with E-state index in [1.165, 1.54) is 6.21 Å².